The molecule has 1 atom stereocenters. The van der Waals surface area contributed by atoms with E-state index in [2.05, 4.69) is 10.6 Å². The van der Waals surface area contributed by atoms with Crippen LogP contribution in [-0.2, 0) is 14.3 Å². The number of amides is 2. The monoisotopic (exact) mass is 382 g/mol. The molecule has 0 fully saturated rings. The second-order valence-electron chi connectivity index (χ2n) is 6.85. The van der Waals surface area contributed by atoms with Gasteiger partial charge in [-0.15, -0.1) is 11.8 Å². The minimum Gasteiger partial charge on any atom is -0.480 e. The summed E-state index contributed by atoms with van der Waals surface area (Å²) in [6, 6.07) is 4.49. The number of ether oxygens (including phenoxy) is 1. The first kappa shape index (κ1) is 21.8. The van der Waals surface area contributed by atoms with Crippen molar-refractivity contribution in [3.8, 4) is 0 Å². The van der Waals surface area contributed by atoms with E-state index in [4.69, 9.17) is 4.74 Å². The lowest BCUT2D eigenvalue weighted by atomic mass is 10.1. The summed E-state index contributed by atoms with van der Waals surface area (Å²) < 4.78 is 5.05. The molecule has 2 amide bonds. The van der Waals surface area contributed by atoms with E-state index in [0.717, 1.165) is 28.6 Å². The molecule has 0 bridgehead atoms. The second kappa shape index (κ2) is 9.47. The largest absolute Gasteiger partial charge is 0.480 e. The van der Waals surface area contributed by atoms with Crippen molar-refractivity contribution in [3.63, 3.8) is 0 Å². The normalized spacial score (nSPS) is 12.2. The van der Waals surface area contributed by atoms with Crippen molar-refractivity contribution in [3.05, 3.63) is 29.3 Å². The van der Waals surface area contributed by atoms with Crippen LogP contribution in [0.25, 0.3) is 0 Å². The molecule has 0 saturated heterocycles. The van der Waals surface area contributed by atoms with Crippen LogP contribution in [0.3, 0.4) is 0 Å². The van der Waals surface area contributed by atoms with Gasteiger partial charge in [0.25, 0.3) is 0 Å². The number of carboxylic acid groups (broad SMARTS) is 1. The third-order valence-corrected chi connectivity index (χ3v) is 4.42. The number of nitrogens with one attached hydrogen (secondary N) is 2. The summed E-state index contributed by atoms with van der Waals surface area (Å²) in [6.07, 6.45) is -0.801. The van der Waals surface area contributed by atoms with Gasteiger partial charge in [0.05, 0.1) is 5.75 Å². The molecule has 3 N–H and O–H groups in total. The van der Waals surface area contributed by atoms with E-state index in [1.165, 1.54) is 0 Å². The molecular weight excluding hydrogens is 356 g/mol. The summed E-state index contributed by atoms with van der Waals surface area (Å²) in [4.78, 5) is 35.0. The van der Waals surface area contributed by atoms with E-state index in [9.17, 15) is 19.5 Å². The predicted molar refractivity (Wildman–Crippen MR) is 103 cm³/mol. The third kappa shape index (κ3) is 7.77. The zero-order valence-corrected chi connectivity index (χ0v) is 16.5. The number of hydrogen-bond acceptors (Lipinski definition) is 5. The molecule has 0 aliphatic rings. The number of alkyl carbamates (subject to hydrolysis) is 1. The van der Waals surface area contributed by atoms with Crippen molar-refractivity contribution in [2.24, 2.45) is 0 Å². The highest BCUT2D eigenvalue weighted by atomic mass is 32.2. The summed E-state index contributed by atoms with van der Waals surface area (Å²) in [6.45, 7) is 8.95. The first-order valence-corrected chi connectivity index (χ1v) is 9.31. The molecule has 8 heteroatoms. The zero-order chi connectivity index (χ0) is 19.9. The fraction of sp³-hybridized carbons (Fsp3) is 0.500. The average Bonchev–Trinajstić information content (AvgIpc) is 2.49. The van der Waals surface area contributed by atoms with Gasteiger partial charge in [-0.3, -0.25) is 4.79 Å². The van der Waals surface area contributed by atoms with Crippen molar-refractivity contribution < 1.29 is 24.2 Å². The van der Waals surface area contributed by atoms with Crippen LogP contribution in [0.2, 0.25) is 0 Å². The Hall–Kier alpha value is -2.22. The molecule has 0 aromatic heterocycles. The summed E-state index contributed by atoms with van der Waals surface area (Å²) in [5.74, 6) is -1.29. The van der Waals surface area contributed by atoms with Gasteiger partial charge in [-0.2, -0.15) is 0 Å². The van der Waals surface area contributed by atoms with Crippen LogP contribution in [0.1, 0.15) is 31.9 Å². The number of aliphatic carboxylic acids is 1. The van der Waals surface area contributed by atoms with Crippen molar-refractivity contribution in [1.29, 1.82) is 0 Å². The van der Waals surface area contributed by atoms with Gasteiger partial charge >= 0.3 is 12.1 Å². The Morgan fingerprint density at radius 2 is 1.88 bits per heavy atom. The number of carboxylic acids is 1. The minimum absolute atomic E-state index is 0.0504. The molecule has 7 nitrogen and oxygen atoms in total. The van der Waals surface area contributed by atoms with E-state index in [-0.39, 0.29) is 17.4 Å². The number of thioether (sulfide) groups is 1. The van der Waals surface area contributed by atoms with Crippen LogP contribution in [0.4, 0.5) is 10.5 Å². The standard InChI is InChI=1S/C18H26N2O5S/c1-11-7-6-8-13(12(11)2)19-15(21)10-26-9-14(16(22)23)20-17(24)25-18(3,4)5/h6-8,14H,9-10H2,1-5H3,(H,19,21)(H,20,24)(H,22,23). The number of hydrogen-bond donors (Lipinski definition) is 3. The first-order valence-electron chi connectivity index (χ1n) is 8.15. The first-order chi connectivity index (χ1) is 12.0. The molecule has 1 unspecified atom stereocenters. The van der Waals surface area contributed by atoms with E-state index in [1.54, 1.807) is 20.8 Å². The van der Waals surface area contributed by atoms with Crippen LogP contribution in [-0.4, -0.2) is 46.2 Å². The number of benzene rings is 1. The maximum Gasteiger partial charge on any atom is 0.408 e. The van der Waals surface area contributed by atoms with Crippen molar-refractivity contribution in [2.45, 2.75) is 46.3 Å². The van der Waals surface area contributed by atoms with Gasteiger partial charge in [-0.25, -0.2) is 9.59 Å². The van der Waals surface area contributed by atoms with E-state index in [0.29, 0.717) is 0 Å². The molecule has 0 saturated carbocycles. The van der Waals surface area contributed by atoms with Crippen LogP contribution in [0, 0.1) is 13.8 Å². The molecule has 1 aromatic rings. The summed E-state index contributed by atoms with van der Waals surface area (Å²) in [5.41, 5.74) is 2.08. The van der Waals surface area contributed by atoms with Gasteiger partial charge in [0.1, 0.15) is 11.6 Å². The van der Waals surface area contributed by atoms with Gasteiger partial charge in [-0.05, 0) is 51.8 Å². The topological polar surface area (TPSA) is 105 Å². The van der Waals surface area contributed by atoms with Gasteiger partial charge in [0.2, 0.25) is 5.91 Å². The molecule has 0 aliphatic heterocycles. The van der Waals surface area contributed by atoms with Crippen LogP contribution in [0.5, 0.6) is 0 Å². The Labute approximate surface area is 157 Å². The molecule has 1 rings (SSSR count). The number of anilines is 1. The maximum absolute atomic E-state index is 12.0. The Bertz CT molecular complexity index is 670. The fourth-order valence-electron chi connectivity index (χ4n) is 1.97. The van der Waals surface area contributed by atoms with E-state index < -0.39 is 23.7 Å². The SMILES string of the molecule is Cc1cccc(NC(=O)CSCC(NC(=O)OC(C)(C)C)C(=O)O)c1C. The molecule has 0 heterocycles. The van der Waals surface area contributed by atoms with E-state index in [1.807, 2.05) is 32.0 Å². The maximum atomic E-state index is 12.0. The molecule has 1 aromatic carbocycles. The Kier molecular flexibility index (Phi) is 7.95. The number of aryl methyl sites for hydroxylation is 1. The molecule has 0 aliphatic carbocycles. The van der Waals surface area contributed by atoms with E-state index >= 15 is 0 Å². The van der Waals surface area contributed by atoms with Gasteiger partial charge in [0.15, 0.2) is 0 Å². The fourth-order valence-corrected chi connectivity index (χ4v) is 2.80. The molecule has 0 radical (unpaired) electrons. The zero-order valence-electron chi connectivity index (χ0n) is 15.7. The van der Waals surface area contributed by atoms with Gasteiger partial charge < -0.3 is 20.5 Å². The van der Waals surface area contributed by atoms with Gasteiger partial charge in [0, 0.05) is 11.4 Å². The van der Waals surface area contributed by atoms with Crippen molar-refractivity contribution >= 4 is 35.4 Å². The summed E-state index contributed by atoms with van der Waals surface area (Å²) >= 11 is 1.12. The molecule has 144 valence electrons. The predicted octanol–water partition coefficient (Wildman–Crippen LogP) is 2.95. The van der Waals surface area contributed by atoms with Crippen LogP contribution in [0.15, 0.2) is 18.2 Å². The summed E-state index contributed by atoms with van der Waals surface area (Å²) in [5, 5.41) is 14.3. The quantitative estimate of drug-likeness (QED) is 0.670. The highest BCUT2D eigenvalue weighted by molar-refractivity contribution is 8.00. The lowest BCUT2D eigenvalue weighted by Crippen LogP contribution is -2.45. The number of carbonyl (C=O) groups excluding carboxylic acids is 2. The van der Waals surface area contributed by atoms with Crippen LogP contribution < -0.4 is 10.6 Å². The second-order valence-corrected chi connectivity index (χ2v) is 7.88. The average molecular weight is 382 g/mol. The third-order valence-electron chi connectivity index (χ3n) is 3.39. The number of carbonyl (C=O) groups is 3. The Morgan fingerprint density at radius 3 is 2.46 bits per heavy atom. The molecule has 0 spiro atoms. The smallest absolute Gasteiger partial charge is 0.408 e. The Balaban J connectivity index is 2.49. The lowest BCUT2D eigenvalue weighted by molar-refractivity contribution is -0.138. The lowest BCUT2D eigenvalue weighted by Gasteiger charge is -2.21. The minimum atomic E-state index is -1.18. The highest BCUT2D eigenvalue weighted by Gasteiger charge is 2.24. The van der Waals surface area contributed by atoms with Crippen LogP contribution >= 0.6 is 11.8 Å². The number of rotatable bonds is 7. The molecular formula is C18H26N2O5S. The molecule has 26 heavy (non-hydrogen) atoms. The van der Waals surface area contributed by atoms with Gasteiger partial charge in [-0.1, -0.05) is 12.1 Å². The Morgan fingerprint density at radius 1 is 1.23 bits per heavy atom. The van der Waals surface area contributed by atoms with Crippen molar-refractivity contribution in [2.75, 3.05) is 16.8 Å². The van der Waals surface area contributed by atoms with Crippen molar-refractivity contribution in [1.82, 2.24) is 5.32 Å². The summed E-state index contributed by atoms with van der Waals surface area (Å²) in [7, 11) is 0. The highest BCUT2D eigenvalue weighted by Crippen LogP contribution is 2.18.